The fraction of sp³-hybridized carbons (Fsp3) is 0.129. The van der Waals surface area contributed by atoms with Crippen molar-refractivity contribution in [2.24, 2.45) is 0 Å². The standard InChI is InChI=1S/C31H27NO3/c1-22-29(30(23-10-4-2-5-11-23)24-12-6-3-7-13-24)27-14-8-9-15-28(27)32(22)20-21-35-26-18-16-25(17-19-26)31(33)34/h2-19,30H,20-21H2,1H3,(H,33,34). The first-order valence-electron chi connectivity index (χ1n) is 11.8. The molecule has 0 saturated carbocycles. The molecule has 5 rings (SSSR count). The van der Waals surface area contributed by atoms with E-state index >= 15 is 0 Å². The summed E-state index contributed by atoms with van der Waals surface area (Å²) in [6.45, 7) is 3.35. The second-order valence-corrected chi connectivity index (χ2v) is 8.60. The summed E-state index contributed by atoms with van der Waals surface area (Å²) in [6.07, 6.45) is 0. The average Bonchev–Trinajstić information content (AvgIpc) is 3.17. The topological polar surface area (TPSA) is 51.5 Å². The maximum atomic E-state index is 11.1. The number of fused-ring (bicyclic) bond motifs is 1. The molecule has 0 aliphatic carbocycles. The molecule has 0 amide bonds. The highest BCUT2D eigenvalue weighted by Crippen LogP contribution is 2.39. The first kappa shape index (κ1) is 22.5. The molecule has 174 valence electrons. The molecule has 0 aliphatic heterocycles. The molecule has 0 aliphatic rings. The minimum atomic E-state index is -0.940. The van der Waals surface area contributed by atoms with Gasteiger partial charge in [0.15, 0.2) is 0 Å². The molecule has 0 atom stereocenters. The van der Waals surface area contributed by atoms with Gasteiger partial charge in [-0.1, -0.05) is 78.9 Å². The number of carboxylic acids is 1. The fourth-order valence-corrected chi connectivity index (χ4v) is 4.88. The lowest BCUT2D eigenvalue weighted by Crippen LogP contribution is -2.11. The van der Waals surface area contributed by atoms with Gasteiger partial charge in [0.05, 0.1) is 12.1 Å². The first-order chi connectivity index (χ1) is 17.1. The number of hydrogen-bond donors (Lipinski definition) is 1. The number of nitrogens with zero attached hydrogens (tertiary/aromatic N) is 1. The lowest BCUT2D eigenvalue weighted by atomic mass is 9.84. The zero-order chi connectivity index (χ0) is 24.2. The Kier molecular flexibility index (Phi) is 6.36. The van der Waals surface area contributed by atoms with Crippen molar-refractivity contribution >= 4 is 16.9 Å². The highest BCUT2D eigenvalue weighted by Gasteiger charge is 2.24. The summed E-state index contributed by atoms with van der Waals surface area (Å²) in [4.78, 5) is 11.1. The third-order valence-corrected chi connectivity index (χ3v) is 6.52. The van der Waals surface area contributed by atoms with E-state index in [1.807, 2.05) is 0 Å². The van der Waals surface area contributed by atoms with E-state index in [9.17, 15) is 4.79 Å². The molecule has 1 aromatic heterocycles. The first-order valence-corrected chi connectivity index (χ1v) is 11.8. The molecule has 0 bridgehead atoms. The zero-order valence-corrected chi connectivity index (χ0v) is 19.6. The lowest BCUT2D eigenvalue weighted by molar-refractivity contribution is 0.0697. The number of hydrogen-bond acceptors (Lipinski definition) is 2. The van der Waals surface area contributed by atoms with E-state index in [4.69, 9.17) is 9.84 Å². The molecule has 4 aromatic carbocycles. The van der Waals surface area contributed by atoms with E-state index in [1.54, 1.807) is 24.3 Å². The molecular weight excluding hydrogens is 434 g/mol. The van der Waals surface area contributed by atoms with Gasteiger partial charge in [0.2, 0.25) is 0 Å². The number of para-hydroxylation sites is 1. The summed E-state index contributed by atoms with van der Waals surface area (Å²) in [5.41, 5.74) is 6.49. The van der Waals surface area contributed by atoms with Crippen molar-refractivity contribution in [2.75, 3.05) is 6.61 Å². The van der Waals surface area contributed by atoms with Crippen molar-refractivity contribution in [1.82, 2.24) is 4.57 Å². The Morgan fingerprint density at radius 2 is 1.37 bits per heavy atom. The Morgan fingerprint density at radius 1 is 0.800 bits per heavy atom. The lowest BCUT2D eigenvalue weighted by Gasteiger charge is -2.20. The van der Waals surface area contributed by atoms with Crippen molar-refractivity contribution < 1.29 is 14.6 Å². The Bertz CT molecular complexity index is 1400. The Balaban J connectivity index is 1.51. The van der Waals surface area contributed by atoms with Gasteiger partial charge in [0.25, 0.3) is 0 Å². The van der Waals surface area contributed by atoms with Gasteiger partial charge in [-0.05, 0) is 53.9 Å². The largest absolute Gasteiger partial charge is 0.492 e. The molecule has 0 unspecified atom stereocenters. The van der Waals surface area contributed by atoms with Crippen LogP contribution >= 0.6 is 0 Å². The van der Waals surface area contributed by atoms with Crippen molar-refractivity contribution in [3.8, 4) is 5.75 Å². The van der Waals surface area contributed by atoms with E-state index in [1.165, 1.54) is 33.3 Å². The molecule has 4 heteroatoms. The van der Waals surface area contributed by atoms with Gasteiger partial charge in [-0.15, -0.1) is 0 Å². The summed E-state index contributed by atoms with van der Waals surface area (Å²) in [6, 6.07) is 36.4. The van der Waals surface area contributed by atoms with Crippen LogP contribution in [0, 0.1) is 6.92 Å². The van der Waals surface area contributed by atoms with Crippen LogP contribution < -0.4 is 4.74 Å². The number of rotatable bonds is 8. The van der Waals surface area contributed by atoms with Gasteiger partial charge in [-0.25, -0.2) is 4.79 Å². The summed E-state index contributed by atoms with van der Waals surface area (Å²) >= 11 is 0. The van der Waals surface area contributed by atoms with Gasteiger partial charge in [0.1, 0.15) is 12.4 Å². The Labute approximate surface area is 205 Å². The van der Waals surface area contributed by atoms with E-state index in [0.29, 0.717) is 18.9 Å². The fourth-order valence-electron chi connectivity index (χ4n) is 4.88. The van der Waals surface area contributed by atoms with Crippen molar-refractivity contribution in [3.63, 3.8) is 0 Å². The molecule has 0 saturated heterocycles. The van der Waals surface area contributed by atoms with Gasteiger partial charge in [-0.3, -0.25) is 0 Å². The normalized spacial score (nSPS) is 11.1. The van der Waals surface area contributed by atoms with Crippen LogP contribution in [0.5, 0.6) is 5.75 Å². The number of ether oxygens (including phenoxy) is 1. The average molecular weight is 462 g/mol. The number of carboxylic acid groups (broad SMARTS) is 1. The number of aromatic carboxylic acids is 1. The Morgan fingerprint density at radius 3 is 1.97 bits per heavy atom. The van der Waals surface area contributed by atoms with Gasteiger partial charge in [-0.2, -0.15) is 0 Å². The van der Waals surface area contributed by atoms with Crippen LogP contribution in [0.3, 0.4) is 0 Å². The highest BCUT2D eigenvalue weighted by molar-refractivity contribution is 5.88. The maximum absolute atomic E-state index is 11.1. The number of carbonyl (C=O) groups is 1. The molecule has 35 heavy (non-hydrogen) atoms. The third kappa shape index (κ3) is 4.56. The predicted molar refractivity (Wildman–Crippen MR) is 139 cm³/mol. The molecule has 5 aromatic rings. The van der Waals surface area contributed by atoms with Crippen LogP contribution in [-0.4, -0.2) is 22.2 Å². The quantitative estimate of drug-likeness (QED) is 0.273. The SMILES string of the molecule is Cc1c(C(c2ccccc2)c2ccccc2)c2ccccc2n1CCOc1ccc(C(=O)O)cc1. The van der Waals surface area contributed by atoms with Crippen molar-refractivity contribution in [1.29, 1.82) is 0 Å². The van der Waals surface area contributed by atoms with Gasteiger partial charge in [0, 0.05) is 22.5 Å². The monoisotopic (exact) mass is 461 g/mol. The molecule has 1 heterocycles. The summed E-state index contributed by atoms with van der Waals surface area (Å²) in [5.74, 6) is -0.159. The summed E-state index contributed by atoms with van der Waals surface area (Å²) in [5, 5.41) is 10.3. The van der Waals surface area contributed by atoms with Crippen molar-refractivity contribution in [2.45, 2.75) is 19.4 Å². The second kappa shape index (κ2) is 9.90. The molecule has 0 radical (unpaired) electrons. The molecule has 0 spiro atoms. The minimum Gasteiger partial charge on any atom is -0.492 e. The van der Waals surface area contributed by atoms with Crippen molar-refractivity contribution in [3.05, 3.63) is 137 Å². The summed E-state index contributed by atoms with van der Waals surface area (Å²) in [7, 11) is 0. The number of benzene rings is 4. The van der Waals surface area contributed by atoms with Crippen LogP contribution in [-0.2, 0) is 6.54 Å². The minimum absolute atomic E-state index is 0.119. The van der Waals surface area contributed by atoms with Crippen LogP contribution in [0.2, 0.25) is 0 Å². The molecular formula is C31H27NO3. The Hall–Kier alpha value is -4.31. The van der Waals surface area contributed by atoms with E-state index < -0.39 is 5.97 Å². The van der Waals surface area contributed by atoms with E-state index in [2.05, 4.69) is 96.4 Å². The zero-order valence-electron chi connectivity index (χ0n) is 19.6. The van der Waals surface area contributed by atoms with E-state index in [-0.39, 0.29) is 11.5 Å². The summed E-state index contributed by atoms with van der Waals surface area (Å²) < 4.78 is 8.30. The molecule has 1 N–H and O–H groups in total. The van der Waals surface area contributed by atoms with Gasteiger partial charge < -0.3 is 14.4 Å². The second-order valence-electron chi connectivity index (χ2n) is 8.60. The predicted octanol–water partition coefficient (Wildman–Crippen LogP) is 6.91. The maximum Gasteiger partial charge on any atom is 0.335 e. The van der Waals surface area contributed by atoms with Crippen LogP contribution in [0.1, 0.15) is 38.7 Å². The smallest absolute Gasteiger partial charge is 0.335 e. The van der Waals surface area contributed by atoms with Gasteiger partial charge >= 0.3 is 5.97 Å². The van der Waals surface area contributed by atoms with Crippen LogP contribution in [0.25, 0.3) is 10.9 Å². The van der Waals surface area contributed by atoms with Crippen LogP contribution in [0.4, 0.5) is 0 Å². The highest BCUT2D eigenvalue weighted by atomic mass is 16.5. The van der Waals surface area contributed by atoms with Crippen LogP contribution in [0.15, 0.2) is 109 Å². The van der Waals surface area contributed by atoms with E-state index in [0.717, 1.165) is 0 Å². The third-order valence-electron chi connectivity index (χ3n) is 6.52. The molecule has 4 nitrogen and oxygen atoms in total. The molecule has 0 fully saturated rings. The number of aromatic nitrogens is 1.